The number of fused-ring (bicyclic) bond motifs is 1. The highest BCUT2D eigenvalue weighted by Crippen LogP contribution is 2.33. The topological polar surface area (TPSA) is 42.4 Å². The van der Waals surface area contributed by atoms with Gasteiger partial charge in [0.05, 0.1) is 10.6 Å². The maximum Gasteiger partial charge on any atom is 0.148 e. The lowest BCUT2D eigenvalue weighted by Crippen LogP contribution is -2.36. The molecule has 0 spiro atoms. The second kappa shape index (κ2) is 7.32. The molecule has 0 atom stereocenters. The lowest BCUT2D eigenvalue weighted by Gasteiger charge is -2.33. The Bertz CT molecular complexity index is 712. The molecule has 6 heteroatoms. The maximum atomic E-state index is 14.7. The van der Waals surface area contributed by atoms with Crippen LogP contribution >= 0.6 is 11.3 Å². The number of thiophene rings is 1. The maximum absolute atomic E-state index is 14.7. The zero-order valence-electron chi connectivity index (χ0n) is 14.1. The number of rotatable bonds is 5. The molecular formula is C18H23FN4S. The van der Waals surface area contributed by atoms with E-state index in [1.54, 1.807) is 0 Å². The fraction of sp³-hybridized carbons (Fsp3) is 0.389. The molecule has 0 amide bonds. The summed E-state index contributed by atoms with van der Waals surface area (Å²) in [7, 11) is 4.06. The number of likely N-dealkylation sites (N-methyl/N-ethyl adjacent to an activating group) is 1. The van der Waals surface area contributed by atoms with Crippen LogP contribution in [0.3, 0.4) is 0 Å². The van der Waals surface area contributed by atoms with Gasteiger partial charge in [-0.25, -0.2) is 4.39 Å². The van der Waals surface area contributed by atoms with Gasteiger partial charge in [-0.05, 0) is 56.1 Å². The van der Waals surface area contributed by atoms with E-state index in [-0.39, 0.29) is 5.82 Å². The second-order valence-electron chi connectivity index (χ2n) is 6.34. The number of aryl methyl sites for hydroxylation is 1. The van der Waals surface area contributed by atoms with Gasteiger partial charge in [0, 0.05) is 25.3 Å². The van der Waals surface area contributed by atoms with Crippen molar-refractivity contribution in [1.29, 1.82) is 5.41 Å². The van der Waals surface area contributed by atoms with E-state index in [0.29, 0.717) is 11.5 Å². The number of benzene rings is 1. The molecule has 4 nitrogen and oxygen atoms in total. The Morgan fingerprint density at radius 1 is 1.42 bits per heavy atom. The predicted octanol–water partition coefficient (Wildman–Crippen LogP) is 3.64. The molecule has 0 saturated heterocycles. The Morgan fingerprint density at radius 3 is 2.96 bits per heavy atom. The van der Waals surface area contributed by atoms with Crippen molar-refractivity contribution in [2.24, 2.45) is 0 Å². The lowest BCUT2D eigenvalue weighted by atomic mass is 10.00. The Balaban J connectivity index is 1.80. The normalized spacial score (nSPS) is 13.9. The molecule has 0 bridgehead atoms. The number of hydrogen-bond donors (Lipinski definition) is 2. The standard InChI is InChI=1S/C18H23FN4S/c1-22(2)8-9-23-7-3-5-13-11-14(12-15(19)17(13)23)21-18(20)16-6-4-10-24-16/h4,6,10-12H,3,5,7-9H2,1-2H3,(H2,20,21). The summed E-state index contributed by atoms with van der Waals surface area (Å²) in [5.41, 5.74) is 2.41. The average Bonchev–Trinajstić information content (AvgIpc) is 3.07. The zero-order chi connectivity index (χ0) is 17.1. The van der Waals surface area contributed by atoms with E-state index in [2.05, 4.69) is 15.1 Å². The summed E-state index contributed by atoms with van der Waals surface area (Å²) >= 11 is 1.50. The quantitative estimate of drug-likeness (QED) is 0.642. The van der Waals surface area contributed by atoms with Crippen LogP contribution in [0.5, 0.6) is 0 Å². The van der Waals surface area contributed by atoms with Gasteiger partial charge in [-0.15, -0.1) is 11.3 Å². The monoisotopic (exact) mass is 346 g/mol. The van der Waals surface area contributed by atoms with Crippen LogP contribution in [-0.4, -0.2) is 44.5 Å². The van der Waals surface area contributed by atoms with E-state index in [1.807, 2.05) is 37.7 Å². The van der Waals surface area contributed by atoms with E-state index < -0.39 is 0 Å². The lowest BCUT2D eigenvalue weighted by molar-refractivity contribution is 0.410. The molecule has 1 aliphatic heterocycles. The van der Waals surface area contributed by atoms with Crippen molar-refractivity contribution >= 4 is 28.5 Å². The summed E-state index contributed by atoms with van der Waals surface area (Å²) in [6.07, 6.45) is 1.91. The van der Waals surface area contributed by atoms with Gasteiger partial charge in [0.2, 0.25) is 0 Å². The van der Waals surface area contributed by atoms with Crippen molar-refractivity contribution in [3.05, 3.63) is 45.9 Å². The molecule has 0 radical (unpaired) electrons. The number of anilines is 2. The van der Waals surface area contributed by atoms with Crippen molar-refractivity contribution in [3.8, 4) is 0 Å². The molecule has 0 saturated carbocycles. The number of halogens is 1. The van der Waals surface area contributed by atoms with Crippen LogP contribution in [0.4, 0.5) is 15.8 Å². The summed E-state index contributed by atoms with van der Waals surface area (Å²) in [5.74, 6) is 0.108. The molecule has 0 fully saturated rings. The SMILES string of the molecule is CN(C)CCN1CCCc2cc(NC(=N)c3cccs3)cc(F)c21. The Hall–Kier alpha value is -1.92. The van der Waals surface area contributed by atoms with Gasteiger partial charge in [0.25, 0.3) is 0 Å². The summed E-state index contributed by atoms with van der Waals surface area (Å²) in [4.78, 5) is 5.10. The molecule has 1 aliphatic rings. The van der Waals surface area contributed by atoms with Crippen LogP contribution in [0.1, 0.15) is 16.9 Å². The van der Waals surface area contributed by atoms with Gasteiger partial charge in [0.1, 0.15) is 11.7 Å². The van der Waals surface area contributed by atoms with Crippen molar-refractivity contribution < 1.29 is 4.39 Å². The largest absolute Gasteiger partial charge is 0.368 e. The molecule has 0 unspecified atom stereocenters. The molecule has 2 heterocycles. The van der Waals surface area contributed by atoms with E-state index in [9.17, 15) is 4.39 Å². The van der Waals surface area contributed by atoms with E-state index in [4.69, 9.17) is 5.41 Å². The van der Waals surface area contributed by atoms with E-state index in [1.165, 1.54) is 17.4 Å². The third kappa shape index (κ3) is 3.76. The molecule has 128 valence electrons. The summed E-state index contributed by atoms with van der Waals surface area (Å²) in [5, 5.41) is 13.1. The van der Waals surface area contributed by atoms with Crippen LogP contribution in [0.15, 0.2) is 29.6 Å². The number of nitrogens with zero attached hydrogens (tertiary/aromatic N) is 2. The molecule has 24 heavy (non-hydrogen) atoms. The molecule has 1 aromatic heterocycles. The first-order valence-corrected chi connectivity index (χ1v) is 9.04. The average molecular weight is 346 g/mol. The fourth-order valence-electron chi connectivity index (χ4n) is 3.02. The molecule has 0 aliphatic carbocycles. The van der Waals surface area contributed by atoms with Crippen molar-refractivity contribution in [1.82, 2.24) is 4.90 Å². The van der Waals surface area contributed by atoms with Crippen LogP contribution < -0.4 is 10.2 Å². The van der Waals surface area contributed by atoms with Gasteiger partial charge in [0.15, 0.2) is 0 Å². The highest BCUT2D eigenvalue weighted by Gasteiger charge is 2.22. The highest BCUT2D eigenvalue weighted by molar-refractivity contribution is 7.12. The van der Waals surface area contributed by atoms with Gasteiger partial charge in [-0.2, -0.15) is 0 Å². The first-order chi connectivity index (χ1) is 11.5. The van der Waals surface area contributed by atoms with Crippen LogP contribution in [0, 0.1) is 11.2 Å². The van der Waals surface area contributed by atoms with E-state index >= 15 is 0 Å². The third-order valence-electron chi connectivity index (χ3n) is 4.19. The Morgan fingerprint density at radius 2 is 2.25 bits per heavy atom. The zero-order valence-corrected chi connectivity index (χ0v) is 14.9. The molecular weight excluding hydrogens is 323 g/mol. The number of hydrogen-bond acceptors (Lipinski definition) is 4. The smallest absolute Gasteiger partial charge is 0.148 e. The number of nitrogens with one attached hydrogen (secondary N) is 2. The Labute approximate surface area is 146 Å². The summed E-state index contributed by atoms with van der Waals surface area (Å²) in [6.45, 7) is 2.63. The minimum Gasteiger partial charge on any atom is -0.368 e. The van der Waals surface area contributed by atoms with Gasteiger partial charge < -0.3 is 15.1 Å². The molecule has 3 rings (SSSR count). The minimum atomic E-state index is -0.201. The van der Waals surface area contributed by atoms with Gasteiger partial charge in [-0.3, -0.25) is 5.41 Å². The first kappa shape index (κ1) is 16.9. The van der Waals surface area contributed by atoms with Crippen LogP contribution in [0.2, 0.25) is 0 Å². The predicted molar refractivity (Wildman–Crippen MR) is 100 cm³/mol. The van der Waals surface area contributed by atoms with Crippen LogP contribution in [0.25, 0.3) is 0 Å². The molecule has 2 aromatic rings. The summed E-state index contributed by atoms with van der Waals surface area (Å²) < 4.78 is 14.7. The Kier molecular flexibility index (Phi) is 5.16. The molecule has 1 aromatic carbocycles. The highest BCUT2D eigenvalue weighted by atomic mass is 32.1. The van der Waals surface area contributed by atoms with Gasteiger partial charge >= 0.3 is 0 Å². The van der Waals surface area contributed by atoms with Crippen molar-refractivity contribution in [2.75, 3.05) is 43.9 Å². The van der Waals surface area contributed by atoms with Crippen molar-refractivity contribution in [3.63, 3.8) is 0 Å². The van der Waals surface area contributed by atoms with Crippen molar-refractivity contribution in [2.45, 2.75) is 12.8 Å². The van der Waals surface area contributed by atoms with Gasteiger partial charge in [-0.1, -0.05) is 6.07 Å². The second-order valence-corrected chi connectivity index (χ2v) is 7.28. The van der Waals surface area contributed by atoms with Crippen LogP contribution in [-0.2, 0) is 6.42 Å². The third-order valence-corrected chi connectivity index (χ3v) is 5.07. The molecule has 2 N–H and O–H groups in total. The fourth-order valence-corrected chi connectivity index (χ4v) is 3.65. The number of amidine groups is 1. The first-order valence-electron chi connectivity index (χ1n) is 8.16. The minimum absolute atomic E-state index is 0.201. The summed E-state index contributed by atoms with van der Waals surface area (Å²) in [6, 6.07) is 7.29. The van der Waals surface area contributed by atoms with E-state index in [0.717, 1.165) is 48.6 Å².